The standard InChI is InChI=1S/C19H25NO2/c1-15(2)18-6-4-5-7-19(18)22-13-12-20-14-16-8-10-17(21-3)11-9-16/h4-11,15,20H,12-14H2,1-3H3. The zero-order valence-electron chi connectivity index (χ0n) is 13.6. The number of nitrogens with one attached hydrogen (secondary N) is 1. The van der Waals surface area contributed by atoms with Crippen molar-refractivity contribution in [1.29, 1.82) is 0 Å². The number of hydrogen-bond acceptors (Lipinski definition) is 3. The van der Waals surface area contributed by atoms with Crippen LogP contribution in [-0.2, 0) is 6.54 Å². The van der Waals surface area contributed by atoms with Gasteiger partial charge in [0.1, 0.15) is 18.1 Å². The predicted octanol–water partition coefficient (Wildman–Crippen LogP) is 3.99. The molecule has 1 N–H and O–H groups in total. The summed E-state index contributed by atoms with van der Waals surface area (Å²) in [6.07, 6.45) is 0. The van der Waals surface area contributed by atoms with Gasteiger partial charge >= 0.3 is 0 Å². The average Bonchev–Trinajstić information content (AvgIpc) is 2.55. The third kappa shape index (κ3) is 4.78. The zero-order valence-corrected chi connectivity index (χ0v) is 13.6. The molecule has 0 aromatic heterocycles. The van der Waals surface area contributed by atoms with E-state index in [4.69, 9.17) is 9.47 Å². The molecule has 2 aromatic carbocycles. The van der Waals surface area contributed by atoms with E-state index in [1.807, 2.05) is 24.3 Å². The summed E-state index contributed by atoms with van der Waals surface area (Å²) in [4.78, 5) is 0. The van der Waals surface area contributed by atoms with Crippen LogP contribution in [0, 0.1) is 0 Å². The summed E-state index contributed by atoms with van der Waals surface area (Å²) >= 11 is 0. The van der Waals surface area contributed by atoms with E-state index in [0.29, 0.717) is 12.5 Å². The van der Waals surface area contributed by atoms with Crippen LogP contribution in [0.1, 0.15) is 30.9 Å². The van der Waals surface area contributed by atoms with Crippen LogP contribution in [-0.4, -0.2) is 20.3 Å². The lowest BCUT2D eigenvalue weighted by Crippen LogP contribution is -2.20. The summed E-state index contributed by atoms with van der Waals surface area (Å²) in [6, 6.07) is 16.3. The molecule has 3 nitrogen and oxygen atoms in total. The molecule has 0 aliphatic carbocycles. The lowest BCUT2D eigenvalue weighted by Gasteiger charge is -2.14. The number of rotatable bonds is 8. The van der Waals surface area contributed by atoms with Crippen molar-refractivity contribution in [2.45, 2.75) is 26.3 Å². The van der Waals surface area contributed by atoms with E-state index >= 15 is 0 Å². The van der Waals surface area contributed by atoms with E-state index in [1.54, 1.807) is 7.11 Å². The second-order valence-electron chi connectivity index (χ2n) is 5.57. The van der Waals surface area contributed by atoms with Crippen LogP contribution in [0.15, 0.2) is 48.5 Å². The smallest absolute Gasteiger partial charge is 0.122 e. The molecular formula is C19H25NO2. The number of methoxy groups -OCH3 is 1. The molecule has 0 spiro atoms. The minimum atomic E-state index is 0.475. The molecule has 0 heterocycles. The summed E-state index contributed by atoms with van der Waals surface area (Å²) in [7, 11) is 1.68. The lowest BCUT2D eigenvalue weighted by atomic mass is 10.0. The monoisotopic (exact) mass is 299 g/mol. The first-order valence-electron chi connectivity index (χ1n) is 7.76. The molecule has 0 aliphatic rings. The molecule has 0 saturated heterocycles. The highest BCUT2D eigenvalue weighted by molar-refractivity contribution is 5.35. The topological polar surface area (TPSA) is 30.5 Å². The van der Waals surface area contributed by atoms with Gasteiger partial charge in [-0.1, -0.05) is 44.2 Å². The van der Waals surface area contributed by atoms with E-state index in [-0.39, 0.29) is 0 Å². The van der Waals surface area contributed by atoms with Crippen LogP contribution < -0.4 is 14.8 Å². The fourth-order valence-electron chi connectivity index (χ4n) is 2.30. The van der Waals surface area contributed by atoms with Gasteiger partial charge in [-0.2, -0.15) is 0 Å². The van der Waals surface area contributed by atoms with Crippen molar-refractivity contribution in [1.82, 2.24) is 5.32 Å². The highest BCUT2D eigenvalue weighted by Crippen LogP contribution is 2.25. The highest BCUT2D eigenvalue weighted by Gasteiger charge is 2.06. The second-order valence-corrected chi connectivity index (χ2v) is 5.57. The summed E-state index contributed by atoms with van der Waals surface area (Å²) in [5.41, 5.74) is 2.50. The zero-order chi connectivity index (χ0) is 15.8. The normalized spacial score (nSPS) is 10.7. The minimum Gasteiger partial charge on any atom is -0.497 e. The second kappa shape index (κ2) is 8.44. The first-order valence-corrected chi connectivity index (χ1v) is 7.76. The summed E-state index contributed by atoms with van der Waals surface area (Å²) in [6.45, 7) is 6.69. The molecule has 118 valence electrons. The largest absolute Gasteiger partial charge is 0.497 e. The highest BCUT2D eigenvalue weighted by atomic mass is 16.5. The summed E-state index contributed by atoms with van der Waals surface area (Å²) < 4.78 is 11.0. The van der Waals surface area contributed by atoms with Crippen LogP contribution in [0.4, 0.5) is 0 Å². The van der Waals surface area contributed by atoms with E-state index in [0.717, 1.165) is 24.6 Å². The molecule has 0 fully saturated rings. The number of hydrogen-bond donors (Lipinski definition) is 1. The van der Waals surface area contributed by atoms with Crippen LogP contribution >= 0.6 is 0 Å². The van der Waals surface area contributed by atoms with Gasteiger partial charge < -0.3 is 14.8 Å². The maximum Gasteiger partial charge on any atom is 0.122 e. The van der Waals surface area contributed by atoms with Crippen LogP contribution in [0.25, 0.3) is 0 Å². The van der Waals surface area contributed by atoms with Gasteiger partial charge in [-0.15, -0.1) is 0 Å². The predicted molar refractivity (Wildman–Crippen MR) is 90.7 cm³/mol. The molecule has 3 heteroatoms. The van der Waals surface area contributed by atoms with Gasteiger partial charge in [0.2, 0.25) is 0 Å². The van der Waals surface area contributed by atoms with Gasteiger partial charge in [-0.05, 0) is 35.2 Å². The van der Waals surface area contributed by atoms with Crippen LogP contribution in [0.2, 0.25) is 0 Å². The van der Waals surface area contributed by atoms with Crippen molar-refractivity contribution in [2.75, 3.05) is 20.3 Å². The molecule has 0 amide bonds. The maximum atomic E-state index is 5.89. The summed E-state index contributed by atoms with van der Waals surface area (Å²) in [5.74, 6) is 2.35. The summed E-state index contributed by atoms with van der Waals surface area (Å²) in [5, 5.41) is 3.39. The molecule has 0 aliphatic heterocycles. The number of ether oxygens (including phenoxy) is 2. The van der Waals surface area contributed by atoms with Gasteiger partial charge in [0.05, 0.1) is 7.11 Å². The first kappa shape index (κ1) is 16.4. The Morgan fingerprint density at radius 1 is 1.00 bits per heavy atom. The van der Waals surface area contributed by atoms with E-state index in [2.05, 4.69) is 43.4 Å². The minimum absolute atomic E-state index is 0.475. The Morgan fingerprint density at radius 2 is 1.73 bits per heavy atom. The Bertz CT molecular complexity index is 564. The molecule has 2 rings (SSSR count). The Hall–Kier alpha value is -2.00. The van der Waals surface area contributed by atoms with Crippen molar-refractivity contribution in [2.24, 2.45) is 0 Å². The van der Waals surface area contributed by atoms with E-state index < -0.39 is 0 Å². The fourth-order valence-corrected chi connectivity index (χ4v) is 2.30. The Balaban J connectivity index is 1.73. The van der Waals surface area contributed by atoms with Crippen molar-refractivity contribution < 1.29 is 9.47 Å². The molecule has 0 atom stereocenters. The maximum absolute atomic E-state index is 5.89. The van der Waals surface area contributed by atoms with Gasteiger partial charge in [0, 0.05) is 13.1 Å². The quantitative estimate of drug-likeness (QED) is 0.748. The van der Waals surface area contributed by atoms with Crippen LogP contribution in [0.5, 0.6) is 11.5 Å². The van der Waals surface area contributed by atoms with Gasteiger partial charge in [0.15, 0.2) is 0 Å². The Labute approximate surface area is 133 Å². The third-order valence-corrected chi connectivity index (χ3v) is 3.57. The molecule has 0 unspecified atom stereocenters. The van der Waals surface area contributed by atoms with Gasteiger partial charge in [-0.3, -0.25) is 0 Å². The lowest BCUT2D eigenvalue weighted by molar-refractivity contribution is 0.309. The molecule has 0 radical (unpaired) electrons. The van der Waals surface area contributed by atoms with E-state index in [1.165, 1.54) is 11.1 Å². The Morgan fingerprint density at radius 3 is 2.41 bits per heavy atom. The molecule has 22 heavy (non-hydrogen) atoms. The number of para-hydroxylation sites is 1. The van der Waals surface area contributed by atoms with Gasteiger partial charge in [-0.25, -0.2) is 0 Å². The van der Waals surface area contributed by atoms with Gasteiger partial charge in [0.25, 0.3) is 0 Å². The molecule has 2 aromatic rings. The first-order chi connectivity index (χ1) is 10.7. The van der Waals surface area contributed by atoms with Crippen LogP contribution in [0.3, 0.4) is 0 Å². The molecular weight excluding hydrogens is 274 g/mol. The SMILES string of the molecule is COc1ccc(CNCCOc2ccccc2C(C)C)cc1. The Kier molecular flexibility index (Phi) is 6.28. The molecule has 0 bridgehead atoms. The van der Waals surface area contributed by atoms with Crippen molar-refractivity contribution in [3.05, 3.63) is 59.7 Å². The van der Waals surface area contributed by atoms with Crippen molar-refractivity contribution >= 4 is 0 Å². The number of benzene rings is 2. The average molecular weight is 299 g/mol. The van der Waals surface area contributed by atoms with Crippen molar-refractivity contribution in [3.63, 3.8) is 0 Å². The van der Waals surface area contributed by atoms with E-state index in [9.17, 15) is 0 Å². The van der Waals surface area contributed by atoms with Crippen molar-refractivity contribution in [3.8, 4) is 11.5 Å². The fraction of sp³-hybridized carbons (Fsp3) is 0.368. The molecule has 0 saturated carbocycles. The third-order valence-electron chi connectivity index (χ3n) is 3.57.